The number of nitrogens with zero attached hydrogens (tertiary/aromatic N) is 1. The molecule has 0 aromatic rings. The Kier molecular flexibility index (Phi) is 2.68. The van der Waals surface area contributed by atoms with E-state index in [2.05, 4.69) is 15.1 Å². The molecule has 0 aliphatic carbocycles. The fourth-order valence-electron chi connectivity index (χ4n) is 0.711. The van der Waals surface area contributed by atoms with Crippen LogP contribution in [0.25, 0.3) is 0 Å². The van der Waals surface area contributed by atoms with Crippen LogP contribution >= 0.6 is 5.96 Å². The summed E-state index contributed by atoms with van der Waals surface area (Å²) in [5.41, 5.74) is 0. The molecule has 0 amide bonds. The molecule has 2 atom stereocenters. The van der Waals surface area contributed by atoms with Gasteiger partial charge in [0.15, 0.2) is 0 Å². The quantitative estimate of drug-likeness (QED) is 0.459. The Balaban J connectivity index is 2.65. The predicted molar refractivity (Wildman–Crippen MR) is 39.4 cm³/mol. The Hall–Kier alpha value is 0.359. The summed E-state index contributed by atoms with van der Waals surface area (Å²) in [4.78, 5) is 0. The van der Waals surface area contributed by atoms with Crippen LogP contribution in [-0.2, 0) is 9.05 Å². The first kappa shape index (κ1) is 8.46. The van der Waals surface area contributed by atoms with Crippen LogP contribution in [0.2, 0.25) is 0 Å². The first-order valence-corrected chi connectivity index (χ1v) is 6.85. The minimum atomic E-state index is -2.22. The fraction of sp³-hybridized carbons (Fsp3) is 0.800. The third-order valence-corrected chi connectivity index (χ3v) is 4.35. The Morgan fingerprint density at radius 3 is 2.90 bits per heavy atom. The molecule has 1 rings (SSSR count). The van der Waals surface area contributed by atoms with Crippen molar-refractivity contribution in [1.82, 2.24) is 0 Å². The second-order valence-corrected chi connectivity index (χ2v) is 6.83. The molecule has 1 saturated heterocycles. The third-order valence-electron chi connectivity index (χ3n) is 1.23. The van der Waals surface area contributed by atoms with Gasteiger partial charge in [0, 0.05) is 0 Å². The standard InChI is InChI=1S/C5H8NO2PSe/c1-5-2-3-7-9(10,4-6)8-5/h5H,2-3H2,1H3. The number of hydrogen-bond donors (Lipinski definition) is 0. The zero-order valence-electron chi connectivity index (χ0n) is 5.61. The van der Waals surface area contributed by atoms with Gasteiger partial charge in [-0.1, -0.05) is 0 Å². The van der Waals surface area contributed by atoms with Crippen molar-refractivity contribution in [3.8, 4) is 5.81 Å². The Bertz CT molecular complexity index is 212. The van der Waals surface area contributed by atoms with Crippen LogP contribution in [0.1, 0.15) is 13.3 Å². The van der Waals surface area contributed by atoms with Crippen molar-refractivity contribution in [2.75, 3.05) is 6.61 Å². The normalized spacial score (nSPS) is 40.6. The second kappa shape index (κ2) is 3.17. The molecule has 0 N–H and O–H groups in total. The molecule has 0 bridgehead atoms. The summed E-state index contributed by atoms with van der Waals surface area (Å²) >= 11 is 2.68. The zero-order valence-corrected chi connectivity index (χ0v) is 8.22. The van der Waals surface area contributed by atoms with Gasteiger partial charge in [-0.05, 0) is 0 Å². The average Bonchev–Trinajstić information content (AvgIpc) is 1.88. The molecule has 0 spiro atoms. The molecule has 0 aromatic carbocycles. The fourth-order valence-corrected chi connectivity index (χ4v) is 3.20. The Morgan fingerprint density at radius 2 is 2.50 bits per heavy atom. The van der Waals surface area contributed by atoms with Crippen LogP contribution in [0.5, 0.6) is 0 Å². The van der Waals surface area contributed by atoms with Crippen molar-refractivity contribution in [2.45, 2.75) is 19.4 Å². The van der Waals surface area contributed by atoms with Crippen molar-refractivity contribution < 1.29 is 9.05 Å². The molecule has 1 aliphatic rings. The Labute approximate surface area is 67.7 Å². The first-order valence-electron chi connectivity index (χ1n) is 3.00. The summed E-state index contributed by atoms with van der Waals surface area (Å²) in [5.74, 6) is -0.198. The maximum atomic E-state index is 8.59. The van der Waals surface area contributed by atoms with Gasteiger partial charge in [-0.15, -0.1) is 0 Å². The summed E-state index contributed by atoms with van der Waals surface area (Å²) in [6.07, 6.45) is 1.04. The third kappa shape index (κ3) is 1.92. The van der Waals surface area contributed by atoms with Gasteiger partial charge in [-0.2, -0.15) is 0 Å². The predicted octanol–water partition coefficient (Wildman–Crippen LogP) is 1.22. The molecule has 56 valence electrons. The van der Waals surface area contributed by atoms with Gasteiger partial charge in [0.05, 0.1) is 0 Å². The van der Waals surface area contributed by atoms with Crippen molar-refractivity contribution in [3.05, 3.63) is 0 Å². The molecule has 1 heterocycles. The SMILES string of the molecule is CC1CCOP(=[Se])(C#N)O1. The molecule has 3 nitrogen and oxygen atoms in total. The number of rotatable bonds is 0. The monoisotopic (exact) mass is 225 g/mol. The van der Waals surface area contributed by atoms with Crippen molar-refractivity contribution in [3.63, 3.8) is 0 Å². The summed E-state index contributed by atoms with van der Waals surface area (Å²) in [5, 5.41) is 8.59. The van der Waals surface area contributed by atoms with Crippen LogP contribution in [0.3, 0.4) is 0 Å². The van der Waals surface area contributed by atoms with E-state index in [9.17, 15) is 0 Å². The molecule has 1 aliphatic heterocycles. The molecule has 0 radical (unpaired) electrons. The van der Waals surface area contributed by atoms with E-state index in [1.54, 1.807) is 0 Å². The minimum absolute atomic E-state index is 0.156. The number of nitriles is 1. The maximum absolute atomic E-state index is 8.59. The second-order valence-electron chi connectivity index (χ2n) is 2.14. The van der Waals surface area contributed by atoms with E-state index < -0.39 is 5.96 Å². The zero-order chi connectivity index (χ0) is 7.61. The van der Waals surface area contributed by atoms with Crippen LogP contribution in [0.15, 0.2) is 0 Å². The topological polar surface area (TPSA) is 42.2 Å². The van der Waals surface area contributed by atoms with Crippen molar-refractivity contribution in [1.29, 1.82) is 5.26 Å². The average molecular weight is 224 g/mol. The summed E-state index contributed by atoms with van der Waals surface area (Å²) in [6.45, 7) is 2.58. The molecular weight excluding hydrogens is 216 g/mol. The van der Waals surface area contributed by atoms with E-state index >= 15 is 0 Å². The molecule has 1 fully saturated rings. The van der Waals surface area contributed by atoms with Gasteiger partial charge in [0.25, 0.3) is 0 Å². The summed E-state index contributed by atoms with van der Waals surface area (Å²) < 4.78 is 10.5. The molecule has 5 heteroatoms. The van der Waals surface area contributed by atoms with Gasteiger partial charge in [-0.3, -0.25) is 0 Å². The van der Waals surface area contributed by atoms with E-state index in [-0.39, 0.29) is 6.10 Å². The van der Waals surface area contributed by atoms with Gasteiger partial charge < -0.3 is 0 Å². The first-order chi connectivity index (χ1) is 4.66. The van der Waals surface area contributed by atoms with E-state index in [0.717, 1.165) is 6.42 Å². The van der Waals surface area contributed by atoms with Crippen LogP contribution in [-0.4, -0.2) is 27.8 Å². The van der Waals surface area contributed by atoms with Gasteiger partial charge in [0.2, 0.25) is 0 Å². The molecule has 0 saturated carbocycles. The van der Waals surface area contributed by atoms with Crippen molar-refractivity contribution in [2.24, 2.45) is 0 Å². The number of hydrogen-bond acceptors (Lipinski definition) is 3. The molecule has 10 heavy (non-hydrogen) atoms. The molecule has 0 aromatic heterocycles. The summed E-state index contributed by atoms with van der Waals surface area (Å²) in [6, 6.07) is 0. The molecular formula is C5H8NO2PSe. The Morgan fingerprint density at radius 1 is 1.80 bits per heavy atom. The van der Waals surface area contributed by atoms with Gasteiger partial charge in [0.1, 0.15) is 0 Å². The molecule has 2 unspecified atom stereocenters. The van der Waals surface area contributed by atoms with E-state index in [0.29, 0.717) is 6.61 Å². The van der Waals surface area contributed by atoms with Crippen LogP contribution < -0.4 is 0 Å². The van der Waals surface area contributed by atoms with E-state index in [1.807, 2.05) is 12.7 Å². The summed E-state index contributed by atoms with van der Waals surface area (Å²) in [7, 11) is 0. The van der Waals surface area contributed by atoms with Gasteiger partial charge >= 0.3 is 67.2 Å². The van der Waals surface area contributed by atoms with Gasteiger partial charge in [-0.25, -0.2) is 0 Å². The van der Waals surface area contributed by atoms with Crippen LogP contribution in [0, 0.1) is 11.1 Å². The van der Waals surface area contributed by atoms with Crippen molar-refractivity contribution >= 4 is 21.1 Å². The van der Waals surface area contributed by atoms with Crippen LogP contribution in [0.4, 0.5) is 0 Å². The van der Waals surface area contributed by atoms with E-state index in [4.69, 9.17) is 14.3 Å². The van der Waals surface area contributed by atoms with E-state index in [1.165, 1.54) is 0 Å².